The second kappa shape index (κ2) is 29.4. The topological polar surface area (TPSA) is 225 Å². The van der Waals surface area contributed by atoms with Gasteiger partial charge in [0.05, 0.1) is 0 Å². The van der Waals surface area contributed by atoms with Crippen LogP contribution in [0.15, 0.2) is 0 Å². The molecule has 0 saturated heterocycles. The molecule has 0 aromatic rings. The fourth-order valence-electron chi connectivity index (χ4n) is 0. The molecule has 0 fully saturated rings. The summed E-state index contributed by atoms with van der Waals surface area (Å²) in [6.45, 7) is 0. The Bertz CT molecular complexity index is 121. The molecule has 0 aliphatic carbocycles. The molecule has 0 saturated carbocycles. The Labute approximate surface area is 139 Å². The van der Waals surface area contributed by atoms with Gasteiger partial charge in [0.25, 0.3) is 0 Å². The van der Waals surface area contributed by atoms with Crippen molar-refractivity contribution in [2.24, 2.45) is 0 Å². The maximum atomic E-state index is 8.52. The summed E-state index contributed by atoms with van der Waals surface area (Å²) in [5.74, 6) is 0. The smallest absolute Gasteiger partial charge is 0.672 e. The molecular formula is H3NO9Si3Y2. The maximum Gasteiger partial charge on any atom is 3.00 e. The first-order valence-corrected chi connectivity index (χ1v) is 5.51. The van der Waals surface area contributed by atoms with E-state index in [0.29, 0.717) is 0 Å². The SMILES string of the molecule is N.O=[Si]([O-])[O-].O=[Si]([O-])[O-].O=[Si]([O-])[O-].[Y+3].[Y+3]. The van der Waals surface area contributed by atoms with Gasteiger partial charge in [-0.3, -0.25) is 0 Å². The van der Waals surface area contributed by atoms with E-state index in [1.165, 1.54) is 0 Å². The molecule has 15 heteroatoms. The van der Waals surface area contributed by atoms with Crippen LogP contribution in [0.4, 0.5) is 0 Å². The van der Waals surface area contributed by atoms with E-state index < -0.39 is 27.5 Å². The summed E-state index contributed by atoms with van der Waals surface area (Å²) in [4.78, 5) is 51.1. The van der Waals surface area contributed by atoms with E-state index in [4.69, 9.17) is 42.2 Å². The largest absolute Gasteiger partial charge is 3.00 e. The molecule has 0 heterocycles. The molecule has 80 valence electrons. The molecule has 15 heavy (non-hydrogen) atoms. The minimum Gasteiger partial charge on any atom is -0.672 e. The van der Waals surface area contributed by atoms with Crippen molar-refractivity contribution in [3.05, 3.63) is 0 Å². The van der Waals surface area contributed by atoms with E-state index >= 15 is 0 Å². The second-order valence-corrected chi connectivity index (χ2v) is 2.25. The zero-order valence-corrected chi connectivity index (χ0v) is 15.7. The van der Waals surface area contributed by atoms with Gasteiger partial charge in [0.15, 0.2) is 0 Å². The number of rotatable bonds is 0. The minimum atomic E-state index is -3.63. The average molecular weight is 423 g/mol. The first kappa shape index (κ1) is 36.0. The van der Waals surface area contributed by atoms with Crippen molar-refractivity contribution < 1.29 is 108 Å². The summed E-state index contributed by atoms with van der Waals surface area (Å²) in [5, 5.41) is 0. The van der Waals surface area contributed by atoms with Gasteiger partial charge in [0.2, 0.25) is 0 Å². The molecule has 0 aliphatic heterocycles. The first-order chi connectivity index (χ1) is 5.20. The normalized spacial score (nSPS) is 4.80. The monoisotopic (exact) mass is 423 g/mol. The molecule has 0 spiro atoms. The van der Waals surface area contributed by atoms with Crippen LogP contribution in [0.1, 0.15) is 0 Å². The summed E-state index contributed by atoms with van der Waals surface area (Å²) in [6, 6.07) is 0. The predicted molar refractivity (Wildman–Crippen MR) is 24.3 cm³/mol. The van der Waals surface area contributed by atoms with Gasteiger partial charge >= 0.3 is 65.4 Å². The molecule has 0 aliphatic rings. The minimum absolute atomic E-state index is 0. The first-order valence-electron chi connectivity index (χ1n) is 1.84. The summed E-state index contributed by atoms with van der Waals surface area (Å²) in [5.41, 5.74) is 0. The molecule has 0 unspecified atom stereocenters. The van der Waals surface area contributed by atoms with Gasteiger partial charge in [-0.1, -0.05) is 0 Å². The van der Waals surface area contributed by atoms with Crippen molar-refractivity contribution >= 4 is 27.5 Å². The zero-order chi connectivity index (χ0) is 10.7. The Balaban J connectivity index is -0.0000000184. The van der Waals surface area contributed by atoms with E-state index in [0.717, 1.165) is 0 Å². The Hall–Kier alpha value is 1.02. The Morgan fingerprint density at radius 2 is 0.533 bits per heavy atom. The van der Waals surface area contributed by atoms with Gasteiger partial charge in [-0.2, -0.15) is 0 Å². The van der Waals surface area contributed by atoms with Gasteiger partial charge in [-0.25, -0.2) is 0 Å². The molecule has 0 aromatic carbocycles. The van der Waals surface area contributed by atoms with E-state index in [1.54, 1.807) is 0 Å². The van der Waals surface area contributed by atoms with Crippen molar-refractivity contribution in [2.45, 2.75) is 0 Å². The number of hydrogen-bond acceptors (Lipinski definition) is 10. The molecule has 0 bridgehead atoms. The molecular weight excluding hydrogens is 420 g/mol. The van der Waals surface area contributed by atoms with Crippen LogP contribution in [0.25, 0.3) is 0 Å². The van der Waals surface area contributed by atoms with Crippen LogP contribution >= 0.6 is 0 Å². The standard InChI is InChI=1S/H3N.3O3Si.2Y/c;3*1-4(2)3;;/h1H3;;;;;/q;3*-2;2*+3. The maximum absolute atomic E-state index is 8.52. The summed E-state index contributed by atoms with van der Waals surface area (Å²) in [7, 11) is -10.9. The van der Waals surface area contributed by atoms with E-state index in [-0.39, 0.29) is 71.6 Å². The summed E-state index contributed by atoms with van der Waals surface area (Å²) >= 11 is 0. The van der Waals surface area contributed by atoms with Gasteiger partial charge in [0.1, 0.15) is 0 Å². The molecule has 10 nitrogen and oxygen atoms in total. The fourth-order valence-corrected chi connectivity index (χ4v) is 0. The summed E-state index contributed by atoms with van der Waals surface area (Å²) in [6.07, 6.45) is 0. The third kappa shape index (κ3) is 2450. The van der Waals surface area contributed by atoms with Crippen molar-refractivity contribution in [1.29, 1.82) is 0 Å². The Morgan fingerprint density at radius 3 is 0.533 bits per heavy atom. The average Bonchev–Trinajstić information content (AvgIpc) is 1.54. The van der Waals surface area contributed by atoms with Crippen molar-refractivity contribution in [3.8, 4) is 0 Å². The van der Waals surface area contributed by atoms with Crippen LogP contribution in [0.2, 0.25) is 0 Å². The molecule has 0 atom stereocenters. The predicted octanol–water partition coefficient (Wildman–Crippen LogP) is -8.48. The Morgan fingerprint density at radius 1 is 0.533 bits per heavy atom. The van der Waals surface area contributed by atoms with Crippen LogP contribution in [0, 0.1) is 0 Å². The van der Waals surface area contributed by atoms with Crippen molar-refractivity contribution in [3.63, 3.8) is 0 Å². The molecule has 0 radical (unpaired) electrons. The van der Waals surface area contributed by atoms with Crippen molar-refractivity contribution in [1.82, 2.24) is 6.15 Å². The molecule has 3 N–H and O–H groups in total. The zero-order valence-electron chi connectivity index (χ0n) is 7.04. The number of hydrogen-bond donors (Lipinski definition) is 1. The fraction of sp³-hybridized carbons (Fsp3) is 0. The third-order valence-electron chi connectivity index (χ3n) is 0. The Kier molecular flexibility index (Phi) is 70.6. The van der Waals surface area contributed by atoms with Gasteiger partial charge in [-0.05, 0) is 0 Å². The molecule has 0 amide bonds. The van der Waals surface area contributed by atoms with Crippen LogP contribution in [0.3, 0.4) is 0 Å². The third-order valence-corrected chi connectivity index (χ3v) is 0. The van der Waals surface area contributed by atoms with Crippen LogP contribution in [-0.2, 0) is 78.8 Å². The van der Waals surface area contributed by atoms with E-state index in [9.17, 15) is 0 Å². The second-order valence-electron chi connectivity index (χ2n) is 0.750. The molecule has 0 aromatic heterocycles. The van der Waals surface area contributed by atoms with E-state index in [2.05, 4.69) is 0 Å². The van der Waals surface area contributed by atoms with Crippen LogP contribution in [0.5, 0.6) is 0 Å². The van der Waals surface area contributed by atoms with Crippen LogP contribution in [-0.4, -0.2) is 27.5 Å². The molecule has 0 rings (SSSR count). The van der Waals surface area contributed by atoms with Gasteiger partial charge in [-0.15, -0.1) is 0 Å². The van der Waals surface area contributed by atoms with Crippen molar-refractivity contribution in [2.75, 3.05) is 0 Å². The van der Waals surface area contributed by atoms with Crippen LogP contribution < -0.4 is 34.9 Å². The quantitative estimate of drug-likeness (QED) is 0.362. The van der Waals surface area contributed by atoms with E-state index in [1.807, 2.05) is 0 Å². The summed E-state index contributed by atoms with van der Waals surface area (Å²) < 4.78 is 25.6. The van der Waals surface area contributed by atoms with Gasteiger partial charge in [0, 0.05) is 27.5 Å². The van der Waals surface area contributed by atoms with Gasteiger partial charge < -0.3 is 48.3 Å².